The van der Waals surface area contributed by atoms with E-state index in [4.69, 9.17) is 16.3 Å². The number of hydrogen-bond acceptors (Lipinski definition) is 3. The van der Waals surface area contributed by atoms with Gasteiger partial charge in [0.2, 0.25) is 0 Å². The molecule has 0 amide bonds. The number of hydrogen-bond donors (Lipinski definition) is 0. The van der Waals surface area contributed by atoms with Crippen LogP contribution in [0.2, 0.25) is 5.15 Å². The maximum absolute atomic E-state index is 11.8. The summed E-state index contributed by atoms with van der Waals surface area (Å²) in [4.78, 5) is 15.7. The molecule has 0 radical (unpaired) electrons. The number of carbonyl (C=O) groups excluding carboxylic acids is 1. The fraction of sp³-hybridized carbons (Fsp3) is 0.500. The monoisotopic (exact) mass is 241 g/mol. The number of halogens is 1. The molecule has 0 spiro atoms. The Morgan fingerprint density at radius 3 is 2.50 bits per heavy atom. The van der Waals surface area contributed by atoms with Crippen molar-refractivity contribution in [1.29, 1.82) is 0 Å². The number of nitrogens with zero attached hydrogens (tertiary/aromatic N) is 1. The molecule has 0 aliphatic rings. The lowest BCUT2D eigenvalue weighted by Crippen LogP contribution is -2.20. The Kier molecular flexibility index (Phi) is 4.30. The number of ether oxygens (including phenoxy) is 1. The predicted molar refractivity (Wildman–Crippen MR) is 63.7 cm³/mol. The molecule has 4 heteroatoms. The largest absolute Gasteiger partial charge is 0.459 e. The number of carbonyl (C=O) groups is 1. The van der Waals surface area contributed by atoms with Crippen LogP contribution in [0.15, 0.2) is 12.1 Å². The Balaban J connectivity index is 2.80. The van der Waals surface area contributed by atoms with Crippen LogP contribution in [0.5, 0.6) is 0 Å². The molecule has 1 unspecified atom stereocenters. The van der Waals surface area contributed by atoms with Crippen LogP contribution in [0, 0.1) is 12.8 Å². The molecule has 1 atom stereocenters. The van der Waals surface area contributed by atoms with Crippen molar-refractivity contribution in [3.63, 3.8) is 0 Å². The van der Waals surface area contributed by atoms with E-state index in [0.717, 1.165) is 0 Å². The third kappa shape index (κ3) is 3.49. The Hall–Kier alpha value is -1.09. The van der Waals surface area contributed by atoms with Crippen LogP contribution in [0.3, 0.4) is 0 Å². The molecule has 0 aliphatic carbocycles. The van der Waals surface area contributed by atoms with E-state index in [0.29, 0.717) is 22.3 Å². The molecule has 0 N–H and O–H groups in total. The first kappa shape index (κ1) is 13.0. The standard InChI is InChI=1S/C12H16ClNO2/c1-7(2)9(4)16-12(15)10-5-8(3)14-11(13)6-10/h5-7,9H,1-4H3. The number of esters is 1. The average Bonchev–Trinajstić information content (AvgIpc) is 2.15. The molecule has 0 bridgehead atoms. The molecule has 16 heavy (non-hydrogen) atoms. The van der Waals surface area contributed by atoms with E-state index >= 15 is 0 Å². The molecule has 1 aromatic heterocycles. The van der Waals surface area contributed by atoms with Crippen molar-refractivity contribution < 1.29 is 9.53 Å². The van der Waals surface area contributed by atoms with Gasteiger partial charge >= 0.3 is 5.97 Å². The highest BCUT2D eigenvalue weighted by Crippen LogP contribution is 2.14. The van der Waals surface area contributed by atoms with Crippen molar-refractivity contribution in [3.05, 3.63) is 28.5 Å². The van der Waals surface area contributed by atoms with Crippen molar-refractivity contribution in [2.45, 2.75) is 33.8 Å². The minimum Gasteiger partial charge on any atom is -0.459 e. The maximum atomic E-state index is 11.8. The molecule has 3 nitrogen and oxygen atoms in total. The van der Waals surface area contributed by atoms with Crippen LogP contribution in [-0.2, 0) is 4.74 Å². The topological polar surface area (TPSA) is 39.2 Å². The minimum atomic E-state index is -0.353. The van der Waals surface area contributed by atoms with Crippen molar-refractivity contribution >= 4 is 17.6 Å². The summed E-state index contributed by atoms with van der Waals surface area (Å²) in [6.45, 7) is 7.66. The summed E-state index contributed by atoms with van der Waals surface area (Å²) in [5.74, 6) is -0.0593. The van der Waals surface area contributed by atoms with Gasteiger partial charge in [-0.15, -0.1) is 0 Å². The van der Waals surface area contributed by atoms with Gasteiger partial charge in [-0.25, -0.2) is 9.78 Å². The van der Waals surface area contributed by atoms with Gasteiger partial charge in [0.05, 0.1) is 5.56 Å². The van der Waals surface area contributed by atoms with Gasteiger partial charge in [-0.1, -0.05) is 25.4 Å². The summed E-state index contributed by atoms with van der Waals surface area (Å²) in [6, 6.07) is 3.19. The molecular weight excluding hydrogens is 226 g/mol. The molecule has 0 saturated heterocycles. The molecule has 1 aromatic rings. The van der Waals surface area contributed by atoms with E-state index < -0.39 is 0 Å². The van der Waals surface area contributed by atoms with E-state index in [9.17, 15) is 4.79 Å². The van der Waals surface area contributed by atoms with E-state index in [-0.39, 0.29) is 12.1 Å². The number of aryl methyl sites for hydroxylation is 1. The first-order valence-corrected chi connectivity index (χ1v) is 5.63. The Bertz CT molecular complexity index is 370. The second-order valence-electron chi connectivity index (χ2n) is 4.17. The summed E-state index contributed by atoms with van der Waals surface area (Å²) in [5, 5.41) is 0.309. The fourth-order valence-electron chi connectivity index (χ4n) is 1.12. The molecule has 0 aromatic carbocycles. The van der Waals surface area contributed by atoms with Gasteiger partial charge in [0.15, 0.2) is 0 Å². The summed E-state index contributed by atoms with van der Waals surface area (Å²) in [6.07, 6.45) is -0.111. The van der Waals surface area contributed by atoms with E-state index in [1.165, 1.54) is 6.07 Å². The maximum Gasteiger partial charge on any atom is 0.338 e. The van der Waals surface area contributed by atoms with Gasteiger partial charge in [-0.05, 0) is 31.9 Å². The van der Waals surface area contributed by atoms with E-state index in [1.54, 1.807) is 13.0 Å². The zero-order chi connectivity index (χ0) is 12.3. The summed E-state index contributed by atoms with van der Waals surface area (Å²) >= 11 is 5.77. The lowest BCUT2D eigenvalue weighted by atomic mass is 10.1. The summed E-state index contributed by atoms with van der Waals surface area (Å²) in [5.41, 5.74) is 1.15. The molecule has 0 aliphatic heterocycles. The molecule has 0 saturated carbocycles. The second kappa shape index (κ2) is 5.30. The number of aromatic nitrogens is 1. The highest BCUT2D eigenvalue weighted by atomic mass is 35.5. The Morgan fingerprint density at radius 1 is 1.38 bits per heavy atom. The zero-order valence-electron chi connectivity index (χ0n) is 9.95. The van der Waals surface area contributed by atoms with Crippen LogP contribution < -0.4 is 0 Å². The molecule has 1 rings (SSSR count). The number of rotatable bonds is 3. The molecule has 1 heterocycles. The lowest BCUT2D eigenvalue weighted by Gasteiger charge is -2.16. The molecule has 88 valence electrons. The molecule has 0 fully saturated rings. The second-order valence-corrected chi connectivity index (χ2v) is 4.56. The van der Waals surface area contributed by atoms with Crippen LogP contribution >= 0.6 is 11.6 Å². The third-order valence-electron chi connectivity index (χ3n) is 2.39. The first-order chi connectivity index (χ1) is 7.40. The molecular formula is C12H16ClNO2. The smallest absolute Gasteiger partial charge is 0.338 e. The summed E-state index contributed by atoms with van der Waals surface area (Å²) in [7, 11) is 0. The van der Waals surface area contributed by atoms with Gasteiger partial charge < -0.3 is 4.74 Å². The normalized spacial score (nSPS) is 12.6. The minimum absolute atomic E-state index is 0.111. The lowest BCUT2D eigenvalue weighted by molar-refractivity contribution is 0.0238. The SMILES string of the molecule is Cc1cc(C(=O)OC(C)C(C)C)cc(Cl)n1. The Morgan fingerprint density at radius 2 is 2.00 bits per heavy atom. The van der Waals surface area contributed by atoms with Crippen LogP contribution in [0.4, 0.5) is 0 Å². The quantitative estimate of drug-likeness (QED) is 0.602. The van der Waals surface area contributed by atoms with Gasteiger partial charge in [-0.3, -0.25) is 0 Å². The first-order valence-electron chi connectivity index (χ1n) is 5.25. The highest BCUT2D eigenvalue weighted by molar-refractivity contribution is 6.29. The third-order valence-corrected chi connectivity index (χ3v) is 2.58. The zero-order valence-corrected chi connectivity index (χ0v) is 10.7. The van der Waals surface area contributed by atoms with Gasteiger partial charge in [0.1, 0.15) is 11.3 Å². The van der Waals surface area contributed by atoms with Crippen molar-refractivity contribution in [3.8, 4) is 0 Å². The van der Waals surface area contributed by atoms with E-state index in [2.05, 4.69) is 4.98 Å². The van der Waals surface area contributed by atoms with E-state index in [1.807, 2.05) is 20.8 Å². The van der Waals surface area contributed by atoms with Crippen molar-refractivity contribution in [1.82, 2.24) is 4.98 Å². The predicted octanol–water partition coefficient (Wildman–Crippen LogP) is 3.24. The van der Waals surface area contributed by atoms with Gasteiger partial charge in [0, 0.05) is 5.69 Å². The van der Waals surface area contributed by atoms with Crippen LogP contribution in [-0.4, -0.2) is 17.1 Å². The summed E-state index contributed by atoms with van der Waals surface area (Å²) < 4.78 is 5.28. The Labute approximate surface area is 101 Å². The average molecular weight is 242 g/mol. The number of pyridine rings is 1. The van der Waals surface area contributed by atoms with Crippen LogP contribution in [0.1, 0.15) is 36.8 Å². The fourth-order valence-corrected chi connectivity index (χ4v) is 1.37. The highest BCUT2D eigenvalue weighted by Gasteiger charge is 2.15. The van der Waals surface area contributed by atoms with Gasteiger partial charge in [0.25, 0.3) is 0 Å². The van der Waals surface area contributed by atoms with Crippen molar-refractivity contribution in [2.75, 3.05) is 0 Å². The van der Waals surface area contributed by atoms with Gasteiger partial charge in [-0.2, -0.15) is 0 Å². The van der Waals surface area contributed by atoms with Crippen LogP contribution in [0.25, 0.3) is 0 Å². The van der Waals surface area contributed by atoms with Crippen molar-refractivity contribution in [2.24, 2.45) is 5.92 Å².